The van der Waals surface area contributed by atoms with Crippen LogP contribution in [0.5, 0.6) is 0 Å². The standard InChI is InChI=1S/C24H17NO4S/c26-15-17(18-8-1-3-10-21(18)25(28)29)7-5-6-16-12-13-23-20(14-16)24(27)19-9-2-4-11-22(19)30-23/h1-4,8-14,17,26H,7,15H2. The highest BCUT2D eigenvalue weighted by molar-refractivity contribution is 7.24. The van der Waals surface area contributed by atoms with Gasteiger partial charge in [0.2, 0.25) is 0 Å². The first-order valence-corrected chi connectivity index (χ1v) is 10.2. The molecule has 148 valence electrons. The van der Waals surface area contributed by atoms with E-state index in [0.717, 1.165) is 9.40 Å². The number of aliphatic hydroxyl groups is 1. The number of nitro benzene ring substituents is 1. The van der Waals surface area contributed by atoms with Crippen LogP contribution in [0.1, 0.15) is 23.5 Å². The lowest BCUT2D eigenvalue weighted by Crippen LogP contribution is -2.06. The summed E-state index contributed by atoms with van der Waals surface area (Å²) in [6.07, 6.45) is 0.268. The Bertz CT molecular complexity index is 1380. The molecule has 1 aromatic heterocycles. The molecule has 0 aliphatic heterocycles. The molecule has 1 atom stereocenters. The van der Waals surface area contributed by atoms with Crippen LogP contribution in [0.4, 0.5) is 5.69 Å². The van der Waals surface area contributed by atoms with Gasteiger partial charge in [0.15, 0.2) is 5.43 Å². The lowest BCUT2D eigenvalue weighted by atomic mass is 9.95. The van der Waals surface area contributed by atoms with Gasteiger partial charge in [0.1, 0.15) is 0 Å². The second-order valence-electron chi connectivity index (χ2n) is 6.84. The first-order valence-electron chi connectivity index (χ1n) is 9.37. The van der Waals surface area contributed by atoms with Crippen LogP contribution in [0.25, 0.3) is 20.2 Å². The van der Waals surface area contributed by atoms with Crippen LogP contribution >= 0.6 is 11.3 Å². The van der Waals surface area contributed by atoms with Crippen LogP contribution in [-0.2, 0) is 0 Å². The molecule has 0 saturated carbocycles. The minimum Gasteiger partial charge on any atom is -0.396 e. The number of rotatable bonds is 4. The second kappa shape index (κ2) is 8.46. The number of nitro groups is 1. The zero-order valence-corrected chi connectivity index (χ0v) is 16.7. The molecule has 0 aliphatic rings. The molecule has 30 heavy (non-hydrogen) atoms. The summed E-state index contributed by atoms with van der Waals surface area (Å²) in [6.45, 7) is -0.240. The highest BCUT2D eigenvalue weighted by atomic mass is 32.1. The van der Waals surface area contributed by atoms with Gasteiger partial charge >= 0.3 is 0 Å². The van der Waals surface area contributed by atoms with Gasteiger partial charge in [-0.1, -0.05) is 42.2 Å². The first-order chi connectivity index (χ1) is 14.6. The summed E-state index contributed by atoms with van der Waals surface area (Å²) in [5.41, 5.74) is 1.12. The molecule has 0 fully saturated rings. The number of hydrogen-bond donors (Lipinski definition) is 1. The summed E-state index contributed by atoms with van der Waals surface area (Å²) >= 11 is 1.56. The van der Waals surface area contributed by atoms with Gasteiger partial charge in [-0.2, -0.15) is 0 Å². The van der Waals surface area contributed by atoms with Crippen molar-refractivity contribution in [1.82, 2.24) is 0 Å². The van der Waals surface area contributed by atoms with Crippen LogP contribution in [0.2, 0.25) is 0 Å². The van der Waals surface area contributed by atoms with Crippen LogP contribution in [0.3, 0.4) is 0 Å². The lowest BCUT2D eigenvalue weighted by molar-refractivity contribution is -0.385. The molecule has 6 heteroatoms. The monoisotopic (exact) mass is 415 g/mol. The zero-order valence-electron chi connectivity index (χ0n) is 15.9. The summed E-state index contributed by atoms with van der Waals surface area (Å²) in [5.74, 6) is 5.58. The van der Waals surface area contributed by atoms with Gasteiger partial charge in [0.25, 0.3) is 5.69 Å². The Morgan fingerprint density at radius 3 is 2.53 bits per heavy atom. The Kier molecular flexibility index (Phi) is 5.57. The average Bonchev–Trinajstić information content (AvgIpc) is 2.77. The van der Waals surface area contributed by atoms with E-state index in [9.17, 15) is 20.0 Å². The number of fused-ring (bicyclic) bond motifs is 2. The van der Waals surface area contributed by atoms with Gasteiger partial charge in [-0.25, -0.2) is 0 Å². The van der Waals surface area contributed by atoms with Crippen molar-refractivity contribution in [1.29, 1.82) is 0 Å². The Balaban J connectivity index is 1.65. The number of nitrogens with zero attached hydrogens (tertiary/aromatic N) is 1. The molecule has 0 saturated heterocycles. The van der Waals surface area contributed by atoms with E-state index in [1.165, 1.54) is 6.07 Å². The Morgan fingerprint density at radius 1 is 1.00 bits per heavy atom. The molecule has 1 unspecified atom stereocenters. The van der Waals surface area contributed by atoms with Crippen molar-refractivity contribution in [2.24, 2.45) is 0 Å². The van der Waals surface area contributed by atoms with Crippen LogP contribution in [0.15, 0.2) is 71.5 Å². The topological polar surface area (TPSA) is 80.4 Å². The largest absolute Gasteiger partial charge is 0.396 e. The molecule has 1 heterocycles. The third-order valence-corrected chi connectivity index (χ3v) is 6.10. The van der Waals surface area contributed by atoms with Crippen molar-refractivity contribution in [2.75, 3.05) is 6.61 Å². The smallest absolute Gasteiger partial charge is 0.272 e. The third kappa shape index (κ3) is 3.81. The van der Waals surface area contributed by atoms with Crippen LogP contribution < -0.4 is 5.43 Å². The zero-order chi connectivity index (χ0) is 21.1. The van der Waals surface area contributed by atoms with E-state index in [1.807, 2.05) is 36.4 Å². The SMILES string of the molecule is O=c1c2ccccc2sc2ccc(C#CCC(CO)c3ccccc3[N+](=O)[O-])cc12. The van der Waals surface area contributed by atoms with Crippen molar-refractivity contribution in [3.63, 3.8) is 0 Å². The normalized spacial score (nSPS) is 11.8. The molecule has 0 aliphatic carbocycles. The predicted molar refractivity (Wildman–Crippen MR) is 120 cm³/mol. The minimum absolute atomic E-state index is 0.0175. The van der Waals surface area contributed by atoms with Gasteiger partial charge in [-0.3, -0.25) is 14.9 Å². The third-order valence-electron chi connectivity index (χ3n) is 4.95. The van der Waals surface area contributed by atoms with Gasteiger partial charge < -0.3 is 5.11 Å². The molecule has 4 rings (SSSR count). The van der Waals surface area contributed by atoms with Crippen molar-refractivity contribution >= 4 is 37.2 Å². The highest BCUT2D eigenvalue weighted by Crippen LogP contribution is 2.28. The molecule has 4 aromatic rings. The fourth-order valence-electron chi connectivity index (χ4n) is 3.43. The van der Waals surface area contributed by atoms with E-state index in [2.05, 4.69) is 11.8 Å². The van der Waals surface area contributed by atoms with E-state index < -0.39 is 10.8 Å². The predicted octanol–water partition coefficient (Wildman–Crippen LogP) is 4.84. The van der Waals surface area contributed by atoms with Crippen molar-refractivity contribution < 1.29 is 10.0 Å². The summed E-state index contributed by atoms with van der Waals surface area (Å²) in [6, 6.07) is 19.4. The number of benzene rings is 3. The molecule has 0 amide bonds. The van der Waals surface area contributed by atoms with E-state index in [4.69, 9.17) is 0 Å². The Hall–Kier alpha value is -3.53. The van der Waals surface area contributed by atoms with Crippen LogP contribution in [0, 0.1) is 22.0 Å². The minimum atomic E-state index is -0.458. The average molecular weight is 415 g/mol. The molecule has 0 spiro atoms. The maximum absolute atomic E-state index is 12.8. The van der Waals surface area contributed by atoms with Crippen LogP contribution in [-0.4, -0.2) is 16.6 Å². The molecule has 5 nitrogen and oxygen atoms in total. The molecule has 3 aromatic carbocycles. The molecular weight excluding hydrogens is 398 g/mol. The van der Waals surface area contributed by atoms with Gasteiger partial charge in [-0.15, -0.1) is 11.3 Å². The van der Waals surface area contributed by atoms with Gasteiger partial charge in [-0.05, 0) is 30.3 Å². The highest BCUT2D eigenvalue weighted by Gasteiger charge is 2.20. The summed E-state index contributed by atoms with van der Waals surface area (Å²) in [7, 11) is 0. The fraction of sp³-hybridized carbons (Fsp3) is 0.125. The first kappa shape index (κ1) is 19.8. The fourth-order valence-corrected chi connectivity index (χ4v) is 4.48. The Labute approximate surface area is 176 Å². The van der Waals surface area contributed by atoms with E-state index in [0.29, 0.717) is 21.9 Å². The van der Waals surface area contributed by atoms with Gasteiger partial charge in [0, 0.05) is 49.7 Å². The summed E-state index contributed by atoms with van der Waals surface area (Å²) in [5, 5.41) is 22.3. The molecular formula is C24H17NO4S. The summed E-state index contributed by atoms with van der Waals surface area (Å²) in [4.78, 5) is 23.6. The quantitative estimate of drug-likeness (QED) is 0.224. The molecule has 0 radical (unpaired) electrons. The number of para-hydroxylation sites is 1. The molecule has 1 N–H and O–H groups in total. The maximum Gasteiger partial charge on any atom is 0.272 e. The van der Waals surface area contributed by atoms with E-state index in [-0.39, 0.29) is 24.1 Å². The van der Waals surface area contributed by atoms with E-state index >= 15 is 0 Å². The second-order valence-corrected chi connectivity index (χ2v) is 7.92. The molecule has 0 bridgehead atoms. The maximum atomic E-state index is 12.8. The van der Waals surface area contributed by atoms with E-state index in [1.54, 1.807) is 35.6 Å². The van der Waals surface area contributed by atoms with Crippen molar-refractivity contribution in [3.05, 3.63) is 98.2 Å². The number of aliphatic hydroxyl groups excluding tert-OH is 1. The van der Waals surface area contributed by atoms with Crippen molar-refractivity contribution in [2.45, 2.75) is 12.3 Å². The summed E-state index contributed by atoms with van der Waals surface area (Å²) < 4.78 is 1.85. The van der Waals surface area contributed by atoms with Crippen molar-refractivity contribution in [3.8, 4) is 11.8 Å². The van der Waals surface area contributed by atoms with Gasteiger partial charge in [0.05, 0.1) is 11.5 Å². The lowest BCUT2D eigenvalue weighted by Gasteiger charge is -2.11. The number of hydrogen-bond acceptors (Lipinski definition) is 5. The Morgan fingerprint density at radius 2 is 1.73 bits per heavy atom.